The molecule has 178 valence electrons. The molecular weight excluding hydrogens is 532 g/mol. The first-order chi connectivity index (χ1) is 17.1. The molecule has 0 fully saturated rings. The number of amides is 1. The Morgan fingerprint density at radius 3 is 2.51 bits per heavy atom. The number of carbonyl (C=O) groups excluding carboxylic acids is 1. The maximum absolute atomic E-state index is 12.4. The summed E-state index contributed by atoms with van der Waals surface area (Å²) in [4.78, 5) is 16.5. The van der Waals surface area contributed by atoms with E-state index in [2.05, 4.69) is 41.6 Å². The van der Waals surface area contributed by atoms with Crippen molar-refractivity contribution in [2.24, 2.45) is 5.10 Å². The lowest BCUT2D eigenvalue weighted by Gasteiger charge is -2.10. The van der Waals surface area contributed by atoms with Crippen LogP contribution in [0.25, 0.3) is 17.1 Å². The van der Waals surface area contributed by atoms with Crippen LogP contribution in [0.5, 0.6) is 11.5 Å². The minimum atomic E-state index is -0.275. The normalized spacial score (nSPS) is 10.9. The molecule has 0 aliphatic heterocycles. The summed E-state index contributed by atoms with van der Waals surface area (Å²) in [5.74, 6) is 1.68. The van der Waals surface area contributed by atoms with Crippen molar-refractivity contribution in [3.8, 4) is 28.6 Å². The summed E-state index contributed by atoms with van der Waals surface area (Å²) in [6.45, 7) is 0. The molecule has 4 aromatic rings. The van der Waals surface area contributed by atoms with Gasteiger partial charge in [-0.2, -0.15) is 5.10 Å². The summed E-state index contributed by atoms with van der Waals surface area (Å²) in [6, 6.07) is 16.9. The Morgan fingerprint density at radius 2 is 1.80 bits per heavy atom. The molecule has 0 aliphatic rings. The van der Waals surface area contributed by atoms with Crippen LogP contribution >= 0.6 is 27.7 Å². The average Bonchev–Trinajstić information content (AvgIpc) is 3.32. The van der Waals surface area contributed by atoms with E-state index in [1.54, 1.807) is 38.7 Å². The number of hydrazone groups is 1. The van der Waals surface area contributed by atoms with Crippen LogP contribution in [0, 0.1) is 0 Å². The number of benzene rings is 2. The molecule has 0 atom stereocenters. The fourth-order valence-electron chi connectivity index (χ4n) is 3.15. The third kappa shape index (κ3) is 6.06. The topological polar surface area (TPSA) is 104 Å². The van der Waals surface area contributed by atoms with Crippen molar-refractivity contribution in [1.82, 2.24) is 25.2 Å². The van der Waals surface area contributed by atoms with E-state index in [9.17, 15) is 4.79 Å². The molecule has 2 aromatic heterocycles. The Morgan fingerprint density at radius 1 is 1.06 bits per heavy atom. The highest BCUT2D eigenvalue weighted by molar-refractivity contribution is 9.10. The van der Waals surface area contributed by atoms with Gasteiger partial charge in [0.2, 0.25) is 0 Å². The number of rotatable bonds is 9. The highest BCUT2D eigenvalue weighted by atomic mass is 79.9. The maximum atomic E-state index is 12.4. The molecule has 0 saturated carbocycles. The standard InChI is InChI=1S/C24H21BrN6O3S/c1-33-20-8-3-16(13-21(20)34-2)14-27-28-22(32)15-35-24-30-29-23(17-9-11-26-12-10-17)31(24)19-6-4-18(25)5-7-19/h3-14H,15H2,1-2H3,(H,28,32)/b27-14+. The smallest absolute Gasteiger partial charge is 0.250 e. The van der Waals surface area contributed by atoms with E-state index in [1.807, 2.05) is 47.0 Å². The molecule has 4 rings (SSSR count). The fourth-order valence-corrected chi connectivity index (χ4v) is 4.16. The number of methoxy groups -OCH3 is 2. The molecule has 1 N–H and O–H groups in total. The number of hydrogen-bond donors (Lipinski definition) is 1. The molecule has 9 nitrogen and oxygen atoms in total. The first-order valence-electron chi connectivity index (χ1n) is 10.4. The lowest BCUT2D eigenvalue weighted by Crippen LogP contribution is -2.20. The van der Waals surface area contributed by atoms with E-state index in [0.717, 1.165) is 21.3 Å². The quantitative estimate of drug-likeness (QED) is 0.187. The lowest BCUT2D eigenvalue weighted by atomic mass is 10.2. The van der Waals surface area contributed by atoms with Crippen LogP contribution < -0.4 is 14.9 Å². The first-order valence-corrected chi connectivity index (χ1v) is 12.2. The molecule has 0 bridgehead atoms. The molecule has 35 heavy (non-hydrogen) atoms. The van der Waals surface area contributed by atoms with Gasteiger partial charge >= 0.3 is 0 Å². The molecular formula is C24H21BrN6O3S. The van der Waals surface area contributed by atoms with Gasteiger partial charge in [0.05, 0.1) is 26.2 Å². The Kier molecular flexibility index (Phi) is 8.11. The van der Waals surface area contributed by atoms with Crippen LogP contribution in [-0.4, -0.2) is 51.8 Å². The molecule has 0 saturated heterocycles. The number of pyridine rings is 1. The summed E-state index contributed by atoms with van der Waals surface area (Å²) in [7, 11) is 3.13. The van der Waals surface area contributed by atoms with E-state index in [0.29, 0.717) is 22.5 Å². The fraction of sp³-hybridized carbons (Fsp3) is 0.125. The third-order valence-electron chi connectivity index (χ3n) is 4.80. The number of nitrogens with one attached hydrogen (secondary N) is 1. The second kappa shape index (κ2) is 11.6. The average molecular weight is 553 g/mol. The van der Waals surface area contributed by atoms with Crippen molar-refractivity contribution in [3.05, 3.63) is 77.0 Å². The molecule has 1 amide bonds. The number of halogens is 1. The zero-order valence-electron chi connectivity index (χ0n) is 18.9. The van der Waals surface area contributed by atoms with E-state index in [4.69, 9.17) is 9.47 Å². The van der Waals surface area contributed by atoms with Gasteiger partial charge in [0.25, 0.3) is 5.91 Å². The number of hydrogen-bond acceptors (Lipinski definition) is 8. The Hall–Kier alpha value is -3.70. The molecule has 11 heteroatoms. The highest BCUT2D eigenvalue weighted by Gasteiger charge is 2.17. The molecule has 0 radical (unpaired) electrons. The predicted octanol–water partition coefficient (Wildman–Crippen LogP) is 4.35. The summed E-state index contributed by atoms with van der Waals surface area (Å²) in [5, 5.41) is 13.3. The van der Waals surface area contributed by atoms with Crippen molar-refractivity contribution >= 4 is 39.8 Å². The molecule has 0 unspecified atom stereocenters. The van der Waals surface area contributed by atoms with Crippen molar-refractivity contribution < 1.29 is 14.3 Å². The van der Waals surface area contributed by atoms with Gasteiger partial charge in [0, 0.05) is 28.1 Å². The first kappa shape index (κ1) is 24.4. The SMILES string of the molecule is COc1ccc(/C=N/NC(=O)CSc2nnc(-c3ccncc3)n2-c2ccc(Br)cc2)cc1OC. The van der Waals surface area contributed by atoms with E-state index in [1.165, 1.54) is 18.0 Å². The summed E-state index contributed by atoms with van der Waals surface area (Å²) in [6.07, 6.45) is 4.94. The maximum Gasteiger partial charge on any atom is 0.250 e. The Bertz CT molecular complexity index is 1330. The van der Waals surface area contributed by atoms with Gasteiger partial charge in [0.15, 0.2) is 22.5 Å². The van der Waals surface area contributed by atoms with Crippen molar-refractivity contribution in [2.75, 3.05) is 20.0 Å². The number of ether oxygens (including phenoxy) is 2. The van der Waals surface area contributed by atoms with Crippen molar-refractivity contribution in [2.45, 2.75) is 5.16 Å². The second-order valence-electron chi connectivity index (χ2n) is 7.05. The monoisotopic (exact) mass is 552 g/mol. The number of aromatic nitrogens is 4. The number of thioether (sulfide) groups is 1. The predicted molar refractivity (Wildman–Crippen MR) is 138 cm³/mol. The van der Waals surface area contributed by atoms with E-state index < -0.39 is 0 Å². The van der Waals surface area contributed by atoms with E-state index >= 15 is 0 Å². The minimum Gasteiger partial charge on any atom is -0.493 e. The van der Waals surface area contributed by atoms with Gasteiger partial charge in [0.1, 0.15) is 0 Å². The van der Waals surface area contributed by atoms with Crippen LogP contribution in [0.2, 0.25) is 0 Å². The summed E-state index contributed by atoms with van der Waals surface area (Å²) in [5.41, 5.74) is 5.04. The lowest BCUT2D eigenvalue weighted by molar-refractivity contribution is -0.118. The van der Waals surface area contributed by atoms with Gasteiger partial charge in [-0.3, -0.25) is 14.3 Å². The van der Waals surface area contributed by atoms with Gasteiger partial charge in [-0.05, 0) is 60.2 Å². The van der Waals surface area contributed by atoms with Crippen molar-refractivity contribution in [1.29, 1.82) is 0 Å². The zero-order valence-corrected chi connectivity index (χ0v) is 21.3. The van der Waals surface area contributed by atoms with Gasteiger partial charge in [-0.1, -0.05) is 27.7 Å². The minimum absolute atomic E-state index is 0.105. The van der Waals surface area contributed by atoms with Gasteiger partial charge in [-0.15, -0.1) is 10.2 Å². The Labute approximate surface area is 214 Å². The largest absolute Gasteiger partial charge is 0.493 e. The molecule has 0 spiro atoms. The second-order valence-corrected chi connectivity index (χ2v) is 8.91. The van der Waals surface area contributed by atoms with Crippen LogP contribution in [0.4, 0.5) is 0 Å². The van der Waals surface area contributed by atoms with Gasteiger partial charge in [-0.25, -0.2) is 5.43 Å². The summed E-state index contributed by atoms with van der Waals surface area (Å²) < 4.78 is 13.4. The van der Waals surface area contributed by atoms with Crippen LogP contribution in [-0.2, 0) is 4.79 Å². The van der Waals surface area contributed by atoms with Crippen LogP contribution in [0.15, 0.2) is 81.7 Å². The third-order valence-corrected chi connectivity index (χ3v) is 6.26. The zero-order chi connectivity index (χ0) is 24.6. The van der Waals surface area contributed by atoms with Crippen LogP contribution in [0.1, 0.15) is 5.56 Å². The molecule has 2 aromatic carbocycles. The Balaban J connectivity index is 1.46. The number of carbonyl (C=O) groups is 1. The summed E-state index contributed by atoms with van der Waals surface area (Å²) >= 11 is 4.73. The van der Waals surface area contributed by atoms with E-state index in [-0.39, 0.29) is 11.7 Å². The molecule has 0 aliphatic carbocycles. The highest BCUT2D eigenvalue weighted by Crippen LogP contribution is 2.29. The van der Waals surface area contributed by atoms with Crippen molar-refractivity contribution in [3.63, 3.8) is 0 Å². The van der Waals surface area contributed by atoms with Gasteiger partial charge < -0.3 is 9.47 Å². The van der Waals surface area contributed by atoms with Crippen LogP contribution in [0.3, 0.4) is 0 Å². The molecule has 2 heterocycles. The number of nitrogens with zero attached hydrogens (tertiary/aromatic N) is 5.